The van der Waals surface area contributed by atoms with Gasteiger partial charge in [-0.3, -0.25) is 0 Å². The molecule has 0 atom stereocenters. The second-order valence-electron chi connectivity index (χ2n) is 4.66. The molecule has 1 heterocycles. The lowest BCUT2D eigenvalue weighted by atomic mass is 10.2. The summed E-state index contributed by atoms with van der Waals surface area (Å²) in [5.74, 6) is 0. The molecule has 0 fully saturated rings. The first kappa shape index (κ1) is 15.4. The van der Waals surface area contributed by atoms with E-state index in [1.807, 2.05) is 23.0 Å². The van der Waals surface area contributed by atoms with Crippen LogP contribution in [0.5, 0.6) is 0 Å². The maximum absolute atomic E-state index is 6.08. The van der Waals surface area contributed by atoms with E-state index in [4.69, 9.17) is 23.2 Å². The van der Waals surface area contributed by atoms with Gasteiger partial charge in [0.2, 0.25) is 0 Å². The van der Waals surface area contributed by atoms with Crippen molar-refractivity contribution in [1.29, 1.82) is 0 Å². The van der Waals surface area contributed by atoms with Crippen molar-refractivity contribution in [2.45, 2.75) is 33.2 Å². The highest BCUT2D eigenvalue weighted by molar-refractivity contribution is 6.42. The number of nitrogens with zero attached hydrogens (tertiary/aromatic N) is 2. The molecule has 0 aliphatic heterocycles. The highest BCUT2D eigenvalue weighted by Crippen LogP contribution is 2.25. The topological polar surface area (TPSA) is 29.9 Å². The van der Waals surface area contributed by atoms with E-state index in [-0.39, 0.29) is 0 Å². The molecule has 1 aromatic carbocycles. The summed E-state index contributed by atoms with van der Waals surface area (Å²) in [6, 6.07) is 5.58. The van der Waals surface area contributed by atoms with Gasteiger partial charge in [-0.1, -0.05) is 37.0 Å². The fraction of sp³-hybridized carbons (Fsp3) is 0.400. The van der Waals surface area contributed by atoms with Crippen LogP contribution < -0.4 is 5.32 Å². The maximum Gasteiger partial charge on any atom is 0.0664 e. The number of aromatic nitrogens is 2. The number of rotatable bonds is 6. The van der Waals surface area contributed by atoms with Crippen LogP contribution in [0.2, 0.25) is 10.0 Å². The molecule has 20 heavy (non-hydrogen) atoms. The second kappa shape index (κ2) is 7.11. The second-order valence-corrected chi connectivity index (χ2v) is 5.47. The van der Waals surface area contributed by atoms with Crippen LogP contribution in [0.15, 0.2) is 24.4 Å². The van der Waals surface area contributed by atoms with Crippen LogP contribution in [0.25, 0.3) is 5.69 Å². The molecule has 5 heteroatoms. The Balaban J connectivity index is 2.29. The summed E-state index contributed by atoms with van der Waals surface area (Å²) in [7, 11) is 0. The normalized spacial score (nSPS) is 11.0. The van der Waals surface area contributed by atoms with E-state index in [1.54, 1.807) is 6.07 Å². The third-order valence-corrected chi connectivity index (χ3v) is 3.92. The molecule has 0 bridgehead atoms. The summed E-state index contributed by atoms with van der Waals surface area (Å²) >= 11 is 12.0. The van der Waals surface area contributed by atoms with Gasteiger partial charge in [-0.25, -0.2) is 4.68 Å². The molecule has 0 spiro atoms. The minimum absolute atomic E-state index is 0.548. The quantitative estimate of drug-likeness (QED) is 0.809. The zero-order valence-electron chi connectivity index (χ0n) is 11.8. The molecule has 0 unspecified atom stereocenters. The standard InChI is InChI=1S/C15H19Cl2N3/c1-3-7-18-9-11-10-19-20(15(11)4-2)12-5-6-13(16)14(17)8-12/h5-6,8,10,18H,3-4,7,9H2,1-2H3. The first-order chi connectivity index (χ1) is 9.67. The average Bonchev–Trinajstić information content (AvgIpc) is 2.85. The molecule has 2 aromatic rings. The zero-order chi connectivity index (χ0) is 14.5. The number of hydrogen-bond acceptors (Lipinski definition) is 2. The fourth-order valence-electron chi connectivity index (χ4n) is 2.17. The molecule has 1 aromatic heterocycles. The molecule has 2 rings (SSSR count). The maximum atomic E-state index is 6.08. The predicted molar refractivity (Wildman–Crippen MR) is 85.0 cm³/mol. The Morgan fingerprint density at radius 2 is 2.00 bits per heavy atom. The van der Waals surface area contributed by atoms with E-state index in [9.17, 15) is 0 Å². The van der Waals surface area contributed by atoms with E-state index in [1.165, 1.54) is 11.3 Å². The summed E-state index contributed by atoms with van der Waals surface area (Å²) in [6.07, 6.45) is 3.97. The third kappa shape index (κ3) is 3.35. The van der Waals surface area contributed by atoms with E-state index >= 15 is 0 Å². The van der Waals surface area contributed by atoms with Gasteiger partial charge >= 0.3 is 0 Å². The van der Waals surface area contributed by atoms with Gasteiger partial charge in [0.1, 0.15) is 0 Å². The van der Waals surface area contributed by atoms with Gasteiger partial charge in [0.15, 0.2) is 0 Å². The molecule has 0 aliphatic rings. The van der Waals surface area contributed by atoms with E-state index in [2.05, 4.69) is 24.3 Å². The lowest BCUT2D eigenvalue weighted by molar-refractivity contribution is 0.669. The highest BCUT2D eigenvalue weighted by atomic mass is 35.5. The van der Waals surface area contributed by atoms with Crippen LogP contribution in [0.4, 0.5) is 0 Å². The van der Waals surface area contributed by atoms with Crippen LogP contribution >= 0.6 is 23.2 Å². The molecule has 0 aliphatic carbocycles. The Morgan fingerprint density at radius 1 is 1.20 bits per heavy atom. The van der Waals surface area contributed by atoms with Crippen molar-refractivity contribution in [3.05, 3.63) is 45.7 Å². The number of hydrogen-bond donors (Lipinski definition) is 1. The van der Waals surface area contributed by atoms with Crippen molar-refractivity contribution in [2.75, 3.05) is 6.54 Å². The number of nitrogens with one attached hydrogen (secondary N) is 1. The van der Waals surface area contributed by atoms with E-state index in [0.717, 1.165) is 31.6 Å². The van der Waals surface area contributed by atoms with Crippen molar-refractivity contribution >= 4 is 23.2 Å². The molecule has 0 saturated heterocycles. The Morgan fingerprint density at radius 3 is 2.65 bits per heavy atom. The third-order valence-electron chi connectivity index (χ3n) is 3.18. The summed E-state index contributed by atoms with van der Waals surface area (Å²) < 4.78 is 1.94. The van der Waals surface area contributed by atoms with Crippen molar-refractivity contribution < 1.29 is 0 Å². The summed E-state index contributed by atoms with van der Waals surface area (Å²) in [5, 5.41) is 9.00. The lowest BCUT2D eigenvalue weighted by Crippen LogP contribution is -2.15. The predicted octanol–water partition coefficient (Wildman–Crippen LogP) is 4.24. The van der Waals surface area contributed by atoms with Gasteiger partial charge in [0, 0.05) is 17.8 Å². The lowest BCUT2D eigenvalue weighted by Gasteiger charge is -2.09. The minimum Gasteiger partial charge on any atom is -0.313 e. The molecule has 1 N–H and O–H groups in total. The Bertz CT molecular complexity index is 578. The van der Waals surface area contributed by atoms with Crippen LogP contribution in [0.1, 0.15) is 31.5 Å². The van der Waals surface area contributed by atoms with Crippen molar-refractivity contribution in [3.8, 4) is 5.69 Å². The number of benzene rings is 1. The van der Waals surface area contributed by atoms with Crippen LogP contribution in [0.3, 0.4) is 0 Å². The van der Waals surface area contributed by atoms with Gasteiger partial charge < -0.3 is 5.32 Å². The van der Waals surface area contributed by atoms with Gasteiger partial charge in [-0.2, -0.15) is 5.10 Å². The molecular weight excluding hydrogens is 293 g/mol. The SMILES string of the molecule is CCCNCc1cnn(-c2ccc(Cl)c(Cl)c2)c1CC. The van der Waals surface area contributed by atoms with Gasteiger partial charge in [-0.15, -0.1) is 0 Å². The summed E-state index contributed by atoms with van der Waals surface area (Å²) in [4.78, 5) is 0. The van der Waals surface area contributed by atoms with Crippen molar-refractivity contribution in [3.63, 3.8) is 0 Å². The Hall–Kier alpha value is -1.03. The first-order valence-corrected chi connectivity index (χ1v) is 7.64. The summed E-state index contributed by atoms with van der Waals surface area (Å²) in [6.45, 7) is 6.15. The molecule has 0 radical (unpaired) electrons. The number of halogens is 2. The van der Waals surface area contributed by atoms with Crippen molar-refractivity contribution in [2.24, 2.45) is 0 Å². The van der Waals surface area contributed by atoms with Crippen LogP contribution in [-0.4, -0.2) is 16.3 Å². The minimum atomic E-state index is 0.548. The van der Waals surface area contributed by atoms with Crippen LogP contribution in [0, 0.1) is 0 Å². The smallest absolute Gasteiger partial charge is 0.0664 e. The van der Waals surface area contributed by atoms with Gasteiger partial charge in [0.05, 0.1) is 21.9 Å². The fourth-order valence-corrected chi connectivity index (χ4v) is 2.46. The molecule has 0 saturated carbocycles. The van der Waals surface area contributed by atoms with E-state index in [0.29, 0.717) is 10.0 Å². The summed E-state index contributed by atoms with van der Waals surface area (Å²) in [5.41, 5.74) is 3.37. The zero-order valence-corrected chi connectivity index (χ0v) is 13.3. The molecular formula is C15H19Cl2N3. The van der Waals surface area contributed by atoms with Gasteiger partial charge in [0.25, 0.3) is 0 Å². The first-order valence-electron chi connectivity index (χ1n) is 6.89. The Kier molecular flexibility index (Phi) is 5.46. The molecule has 0 amide bonds. The van der Waals surface area contributed by atoms with Gasteiger partial charge in [-0.05, 0) is 37.6 Å². The monoisotopic (exact) mass is 311 g/mol. The largest absolute Gasteiger partial charge is 0.313 e. The highest BCUT2D eigenvalue weighted by Gasteiger charge is 2.11. The Labute approximate surface area is 129 Å². The molecule has 108 valence electrons. The van der Waals surface area contributed by atoms with Crippen molar-refractivity contribution in [1.82, 2.24) is 15.1 Å². The average molecular weight is 312 g/mol. The van der Waals surface area contributed by atoms with E-state index < -0.39 is 0 Å². The van der Waals surface area contributed by atoms with Crippen LogP contribution in [-0.2, 0) is 13.0 Å². The molecule has 3 nitrogen and oxygen atoms in total.